The standard InChI is InChI=1S/C24H20N2O/c1-17(21-15-7-11-19-9-3-5-14-23(19)21)25-26-24(27)16-20-12-6-10-18-8-2-4-13-22(18)20/h2-15H,16H2,1H3,(H,26,27)/b25-17-. The molecule has 4 aromatic rings. The summed E-state index contributed by atoms with van der Waals surface area (Å²) in [7, 11) is 0. The molecular weight excluding hydrogens is 332 g/mol. The first kappa shape index (κ1) is 17.0. The Kier molecular flexibility index (Phi) is 4.67. The maximum atomic E-state index is 12.4. The fourth-order valence-electron chi connectivity index (χ4n) is 3.41. The molecule has 0 bridgehead atoms. The second-order valence-corrected chi connectivity index (χ2v) is 6.57. The molecule has 0 aliphatic heterocycles. The van der Waals surface area contributed by atoms with E-state index < -0.39 is 0 Å². The topological polar surface area (TPSA) is 41.5 Å². The first-order chi connectivity index (χ1) is 13.2. The first-order valence-electron chi connectivity index (χ1n) is 9.00. The zero-order valence-electron chi connectivity index (χ0n) is 15.1. The maximum absolute atomic E-state index is 12.4. The number of hydrazone groups is 1. The monoisotopic (exact) mass is 352 g/mol. The number of hydrogen-bond acceptors (Lipinski definition) is 2. The van der Waals surface area contributed by atoms with Crippen molar-refractivity contribution in [2.45, 2.75) is 13.3 Å². The SMILES string of the molecule is C/C(=N/NC(=O)Cc1cccc2ccccc12)c1cccc2ccccc12. The van der Waals surface area contributed by atoms with Crippen molar-refractivity contribution in [3.05, 3.63) is 96.1 Å². The summed E-state index contributed by atoms with van der Waals surface area (Å²) < 4.78 is 0. The van der Waals surface area contributed by atoms with Crippen LogP contribution >= 0.6 is 0 Å². The minimum atomic E-state index is -0.120. The second kappa shape index (κ2) is 7.42. The number of amides is 1. The van der Waals surface area contributed by atoms with Gasteiger partial charge in [-0.2, -0.15) is 5.10 Å². The summed E-state index contributed by atoms with van der Waals surface area (Å²) in [5.41, 5.74) is 5.53. The smallest absolute Gasteiger partial charge is 0.244 e. The highest BCUT2D eigenvalue weighted by Gasteiger charge is 2.08. The summed E-state index contributed by atoms with van der Waals surface area (Å²) in [6, 6.07) is 28.4. The van der Waals surface area contributed by atoms with E-state index in [-0.39, 0.29) is 5.91 Å². The number of rotatable bonds is 4. The summed E-state index contributed by atoms with van der Waals surface area (Å²) in [5, 5.41) is 8.86. The quantitative estimate of drug-likeness (QED) is 0.404. The molecule has 0 saturated carbocycles. The van der Waals surface area contributed by atoms with Crippen molar-refractivity contribution >= 4 is 33.2 Å². The molecule has 1 amide bonds. The zero-order valence-corrected chi connectivity index (χ0v) is 15.1. The lowest BCUT2D eigenvalue weighted by Crippen LogP contribution is -2.21. The summed E-state index contributed by atoms with van der Waals surface area (Å²) in [5.74, 6) is -0.120. The predicted molar refractivity (Wildman–Crippen MR) is 112 cm³/mol. The maximum Gasteiger partial charge on any atom is 0.244 e. The molecule has 0 fully saturated rings. The van der Waals surface area contributed by atoms with E-state index in [2.05, 4.69) is 40.9 Å². The first-order valence-corrected chi connectivity index (χ1v) is 9.00. The molecule has 0 aliphatic rings. The van der Waals surface area contributed by atoms with Gasteiger partial charge in [-0.15, -0.1) is 0 Å². The molecule has 4 rings (SSSR count). The summed E-state index contributed by atoms with van der Waals surface area (Å²) in [6.07, 6.45) is 0.299. The van der Waals surface area contributed by atoms with Crippen molar-refractivity contribution < 1.29 is 4.79 Å². The van der Waals surface area contributed by atoms with Gasteiger partial charge in [0.2, 0.25) is 5.91 Å². The van der Waals surface area contributed by atoms with Gasteiger partial charge in [-0.3, -0.25) is 4.79 Å². The van der Waals surface area contributed by atoms with Crippen molar-refractivity contribution in [1.29, 1.82) is 0 Å². The van der Waals surface area contributed by atoms with E-state index in [0.717, 1.165) is 38.4 Å². The van der Waals surface area contributed by atoms with Crippen molar-refractivity contribution in [2.75, 3.05) is 0 Å². The average Bonchev–Trinajstić information content (AvgIpc) is 2.72. The lowest BCUT2D eigenvalue weighted by atomic mass is 10.0. The predicted octanol–water partition coefficient (Wildman–Crippen LogP) is 5.08. The molecule has 0 aliphatic carbocycles. The molecular formula is C24H20N2O. The molecule has 0 heterocycles. The van der Waals surface area contributed by atoms with E-state index in [1.807, 2.05) is 61.5 Å². The van der Waals surface area contributed by atoms with E-state index >= 15 is 0 Å². The molecule has 0 aromatic heterocycles. The second-order valence-electron chi connectivity index (χ2n) is 6.57. The van der Waals surface area contributed by atoms with Gasteiger partial charge in [-0.1, -0.05) is 84.9 Å². The molecule has 3 heteroatoms. The Bertz CT molecular complexity index is 1150. The van der Waals surface area contributed by atoms with Gasteiger partial charge in [0.25, 0.3) is 0 Å². The zero-order chi connectivity index (χ0) is 18.6. The van der Waals surface area contributed by atoms with Crippen LogP contribution in [0.4, 0.5) is 0 Å². The number of fused-ring (bicyclic) bond motifs is 2. The third-order valence-corrected chi connectivity index (χ3v) is 4.76. The number of carbonyl (C=O) groups excluding carboxylic acids is 1. The molecule has 0 radical (unpaired) electrons. The molecule has 27 heavy (non-hydrogen) atoms. The summed E-state index contributed by atoms with van der Waals surface area (Å²) in [4.78, 5) is 12.4. The Balaban J connectivity index is 1.54. The molecule has 0 unspecified atom stereocenters. The van der Waals surface area contributed by atoms with Gasteiger partial charge in [-0.25, -0.2) is 5.43 Å². The van der Waals surface area contributed by atoms with Gasteiger partial charge in [0, 0.05) is 5.56 Å². The largest absolute Gasteiger partial charge is 0.273 e. The third-order valence-electron chi connectivity index (χ3n) is 4.76. The van der Waals surface area contributed by atoms with Crippen LogP contribution in [-0.4, -0.2) is 11.6 Å². The fraction of sp³-hybridized carbons (Fsp3) is 0.0833. The number of benzene rings is 4. The molecule has 132 valence electrons. The van der Waals surface area contributed by atoms with Gasteiger partial charge in [0.05, 0.1) is 12.1 Å². The highest BCUT2D eigenvalue weighted by Crippen LogP contribution is 2.20. The Morgan fingerprint density at radius 3 is 2.15 bits per heavy atom. The van der Waals surface area contributed by atoms with Crippen LogP contribution in [0.5, 0.6) is 0 Å². The van der Waals surface area contributed by atoms with Crippen LogP contribution in [0.25, 0.3) is 21.5 Å². The van der Waals surface area contributed by atoms with Crippen LogP contribution in [0, 0.1) is 0 Å². The minimum absolute atomic E-state index is 0.120. The molecule has 4 aromatic carbocycles. The van der Waals surface area contributed by atoms with Gasteiger partial charge < -0.3 is 0 Å². The lowest BCUT2D eigenvalue weighted by Gasteiger charge is -2.08. The molecule has 0 spiro atoms. The van der Waals surface area contributed by atoms with E-state index in [1.54, 1.807) is 0 Å². The van der Waals surface area contributed by atoms with Crippen molar-refractivity contribution in [2.24, 2.45) is 5.10 Å². The summed E-state index contributed by atoms with van der Waals surface area (Å²) >= 11 is 0. The summed E-state index contributed by atoms with van der Waals surface area (Å²) in [6.45, 7) is 1.92. The number of hydrogen-bond donors (Lipinski definition) is 1. The number of carbonyl (C=O) groups is 1. The lowest BCUT2D eigenvalue weighted by molar-refractivity contribution is -0.120. The molecule has 3 nitrogen and oxygen atoms in total. The molecule has 1 N–H and O–H groups in total. The van der Waals surface area contributed by atoms with E-state index in [9.17, 15) is 4.79 Å². The van der Waals surface area contributed by atoms with Crippen molar-refractivity contribution in [3.63, 3.8) is 0 Å². The van der Waals surface area contributed by atoms with Crippen LogP contribution in [0.3, 0.4) is 0 Å². The van der Waals surface area contributed by atoms with Gasteiger partial charge in [0.15, 0.2) is 0 Å². The number of nitrogens with one attached hydrogen (secondary N) is 1. The molecule has 0 saturated heterocycles. The van der Waals surface area contributed by atoms with Crippen LogP contribution < -0.4 is 5.43 Å². The van der Waals surface area contributed by atoms with Crippen molar-refractivity contribution in [3.8, 4) is 0 Å². The van der Waals surface area contributed by atoms with Gasteiger partial charge in [0.1, 0.15) is 0 Å². The minimum Gasteiger partial charge on any atom is -0.273 e. The Morgan fingerprint density at radius 1 is 0.778 bits per heavy atom. The van der Waals surface area contributed by atoms with Crippen LogP contribution in [0.1, 0.15) is 18.1 Å². The fourth-order valence-corrected chi connectivity index (χ4v) is 3.41. The highest BCUT2D eigenvalue weighted by molar-refractivity contribution is 6.10. The highest BCUT2D eigenvalue weighted by atomic mass is 16.2. The van der Waals surface area contributed by atoms with Crippen LogP contribution in [0.15, 0.2) is 90.0 Å². The normalized spacial score (nSPS) is 11.7. The van der Waals surface area contributed by atoms with E-state index in [0.29, 0.717) is 6.42 Å². The Morgan fingerprint density at radius 2 is 1.37 bits per heavy atom. The molecule has 0 atom stereocenters. The van der Waals surface area contributed by atoms with Crippen LogP contribution in [0.2, 0.25) is 0 Å². The van der Waals surface area contributed by atoms with Crippen LogP contribution in [-0.2, 0) is 11.2 Å². The van der Waals surface area contributed by atoms with E-state index in [1.165, 1.54) is 0 Å². The van der Waals surface area contributed by atoms with Crippen molar-refractivity contribution in [1.82, 2.24) is 5.43 Å². The van der Waals surface area contributed by atoms with E-state index in [4.69, 9.17) is 0 Å². The third kappa shape index (κ3) is 3.58. The average molecular weight is 352 g/mol. The Labute approximate surface area is 158 Å². The number of nitrogens with zero attached hydrogens (tertiary/aromatic N) is 1. The Hall–Kier alpha value is -3.46. The van der Waals surface area contributed by atoms with Gasteiger partial charge in [-0.05, 0) is 34.0 Å². The van der Waals surface area contributed by atoms with Gasteiger partial charge >= 0.3 is 0 Å².